The molecule has 1 heterocycles. The number of H-pyrrole nitrogens is 1. The minimum absolute atomic E-state index is 0.119. The van der Waals surface area contributed by atoms with Gasteiger partial charge in [-0.3, -0.25) is 0 Å². The Balaban J connectivity index is 1.59. The van der Waals surface area contributed by atoms with Gasteiger partial charge in [0.15, 0.2) is 0 Å². The standard InChI is InChI=1S/C27H25N3O5Se/c1-28-25(32)17-9-12-21-20(14-17)24(15-29-21)36-23-6-4-3-5-19(23)26(33)30-22(27(34)35-2)13-16-7-10-18(31)11-8-16/h3-12,14-15,22,29,31H,13H2,1-2H3,(H,28,32)(H,30,33)/t22-/m0/s1. The molecule has 0 spiro atoms. The number of aromatic nitrogens is 1. The van der Waals surface area contributed by atoms with Crippen LogP contribution in [0.1, 0.15) is 26.3 Å². The molecule has 0 bridgehead atoms. The molecule has 0 unspecified atom stereocenters. The topological polar surface area (TPSA) is 121 Å². The third-order valence-electron chi connectivity index (χ3n) is 5.65. The van der Waals surface area contributed by atoms with Crippen LogP contribution in [0.5, 0.6) is 5.75 Å². The van der Waals surface area contributed by atoms with Crippen LogP contribution < -0.4 is 19.6 Å². The van der Waals surface area contributed by atoms with Crippen molar-refractivity contribution in [3.05, 3.63) is 89.6 Å². The van der Waals surface area contributed by atoms with E-state index in [2.05, 4.69) is 15.6 Å². The quantitative estimate of drug-likeness (QED) is 0.195. The van der Waals surface area contributed by atoms with Gasteiger partial charge in [0, 0.05) is 0 Å². The number of methoxy groups -OCH3 is 1. The van der Waals surface area contributed by atoms with Crippen LogP contribution in [0, 0.1) is 0 Å². The van der Waals surface area contributed by atoms with Gasteiger partial charge in [-0.2, -0.15) is 0 Å². The molecule has 0 saturated carbocycles. The summed E-state index contributed by atoms with van der Waals surface area (Å²) in [5.74, 6) is -0.989. The van der Waals surface area contributed by atoms with Gasteiger partial charge in [-0.05, 0) is 0 Å². The van der Waals surface area contributed by atoms with Gasteiger partial charge in [0.25, 0.3) is 0 Å². The molecule has 36 heavy (non-hydrogen) atoms. The molecular formula is C27H25N3O5Se. The zero-order chi connectivity index (χ0) is 25.7. The number of phenols is 1. The Morgan fingerprint density at radius 3 is 2.47 bits per heavy atom. The number of fused-ring (bicyclic) bond motifs is 1. The van der Waals surface area contributed by atoms with Crippen molar-refractivity contribution in [1.29, 1.82) is 0 Å². The molecule has 0 aliphatic heterocycles. The summed E-state index contributed by atoms with van der Waals surface area (Å²) in [7, 11) is 2.87. The van der Waals surface area contributed by atoms with Crippen molar-refractivity contribution < 1.29 is 24.2 Å². The SMILES string of the molecule is CNC(=O)c1ccc2[nH]cc([Se]c3ccccc3C(=O)N[C@@H](Cc3ccc(O)cc3)C(=O)OC)c2c1. The molecule has 0 radical (unpaired) electrons. The summed E-state index contributed by atoms with van der Waals surface area (Å²) in [5, 5.41) is 15.9. The third kappa shape index (κ3) is 5.59. The van der Waals surface area contributed by atoms with Gasteiger partial charge in [0.05, 0.1) is 0 Å². The van der Waals surface area contributed by atoms with E-state index in [0.29, 0.717) is 11.1 Å². The number of hydrogen-bond acceptors (Lipinski definition) is 5. The number of rotatable bonds is 8. The molecule has 4 N–H and O–H groups in total. The van der Waals surface area contributed by atoms with Gasteiger partial charge in [-0.25, -0.2) is 0 Å². The zero-order valence-electron chi connectivity index (χ0n) is 19.7. The Hall–Kier alpha value is -4.07. The first-order valence-electron chi connectivity index (χ1n) is 11.2. The Labute approximate surface area is 214 Å². The van der Waals surface area contributed by atoms with Crippen LogP contribution in [-0.2, 0) is 16.0 Å². The molecule has 4 aromatic rings. The zero-order valence-corrected chi connectivity index (χ0v) is 21.4. The second kappa shape index (κ2) is 11.1. The number of carbonyl (C=O) groups excluding carboxylic acids is 3. The molecule has 2 amide bonds. The molecule has 1 atom stereocenters. The number of carbonyl (C=O) groups is 3. The summed E-state index contributed by atoms with van der Waals surface area (Å²) in [6, 6.07) is 18.3. The van der Waals surface area contributed by atoms with Gasteiger partial charge in [-0.1, -0.05) is 0 Å². The fraction of sp³-hybridized carbons (Fsp3) is 0.148. The van der Waals surface area contributed by atoms with Crippen molar-refractivity contribution in [2.75, 3.05) is 14.2 Å². The molecule has 9 heteroatoms. The normalized spacial score (nSPS) is 11.6. The predicted octanol–water partition coefficient (Wildman–Crippen LogP) is 1.40. The number of phenolic OH excluding ortho intramolecular Hbond substituents is 1. The number of ether oxygens (including phenoxy) is 1. The number of aromatic hydroxyl groups is 1. The van der Waals surface area contributed by atoms with E-state index in [0.717, 1.165) is 25.4 Å². The van der Waals surface area contributed by atoms with E-state index < -0.39 is 12.0 Å². The number of benzene rings is 3. The molecule has 0 fully saturated rings. The number of aromatic amines is 1. The predicted molar refractivity (Wildman–Crippen MR) is 138 cm³/mol. The van der Waals surface area contributed by atoms with Crippen LogP contribution >= 0.6 is 0 Å². The van der Waals surface area contributed by atoms with Crippen LogP contribution in [0.4, 0.5) is 0 Å². The molecular weight excluding hydrogens is 525 g/mol. The maximum absolute atomic E-state index is 13.3. The van der Waals surface area contributed by atoms with E-state index in [9.17, 15) is 19.5 Å². The molecule has 8 nitrogen and oxygen atoms in total. The Kier molecular flexibility index (Phi) is 7.73. The first-order valence-corrected chi connectivity index (χ1v) is 12.9. The Morgan fingerprint density at radius 1 is 1.00 bits per heavy atom. The summed E-state index contributed by atoms with van der Waals surface area (Å²) < 4.78 is 6.75. The van der Waals surface area contributed by atoms with E-state index in [1.165, 1.54) is 19.2 Å². The van der Waals surface area contributed by atoms with Crippen molar-refractivity contribution in [3.8, 4) is 5.75 Å². The summed E-state index contributed by atoms with van der Waals surface area (Å²) in [5.41, 5.74) is 2.70. The number of amides is 2. The number of nitrogens with one attached hydrogen (secondary N) is 3. The van der Waals surface area contributed by atoms with Crippen LogP contribution in [0.2, 0.25) is 0 Å². The third-order valence-corrected chi connectivity index (χ3v) is 8.03. The molecule has 4 rings (SSSR count). The number of esters is 1. The second-order valence-electron chi connectivity index (χ2n) is 8.01. The van der Waals surface area contributed by atoms with Gasteiger partial charge in [0.2, 0.25) is 0 Å². The average molecular weight is 550 g/mol. The summed E-state index contributed by atoms with van der Waals surface area (Å²) in [6.07, 6.45) is 2.12. The van der Waals surface area contributed by atoms with Gasteiger partial charge >= 0.3 is 214 Å². The summed E-state index contributed by atoms with van der Waals surface area (Å²) in [6.45, 7) is 0. The Bertz CT molecular complexity index is 1410. The van der Waals surface area contributed by atoms with Crippen molar-refractivity contribution in [3.63, 3.8) is 0 Å². The van der Waals surface area contributed by atoms with Crippen molar-refractivity contribution in [1.82, 2.24) is 15.6 Å². The van der Waals surface area contributed by atoms with E-state index >= 15 is 0 Å². The van der Waals surface area contributed by atoms with Crippen LogP contribution in [0.25, 0.3) is 10.9 Å². The van der Waals surface area contributed by atoms with E-state index in [1.54, 1.807) is 37.4 Å². The molecule has 184 valence electrons. The molecule has 3 aromatic carbocycles. The van der Waals surface area contributed by atoms with E-state index in [-0.39, 0.29) is 38.9 Å². The van der Waals surface area contributed by atoms with Gasteiger partial charge in [0.1, 0.15) is 0 Å². The van der Waals surface area contributed by atoms with E-state index in [1.807, 2.05) is 30.5 Å². The monoisotopic (exact) mass is 551 g/mol. The fourth-order valence-electron chi connectivity index (χ4n) is 3.77. The summed E-state index contributed by atoms with van der Waals surface area (Å²) >= 11 is -0.259. The first kappa shape index (κ1) is 25.0. The molecule has 0 aliphatic rings. The number of hydrogen-bond donors (Lipinski definition) is 4. The molecule has 0 aliphatic carbocycles. The Morgan fingerprint density at radius 2 is 1.75 bits per heavy atom. The van der Waals surface area contributed by atoms with Crippen molar-refractivity contribution >= 4 is 52.6 Å². The maximum atomic E-state index is 13.3. The minimum atomic E-state index is -0.893. The average Bonchev–Trinajstić information content (AvgIpc) is 3.30. The fourth-order valence-corrected chi connectivity index (χ4v) is 5.97. The van der Waals surface area contributed by atoms with Gasteiger partial charge in [-0.15, -0.1) is 0 Å². The van der Waals surface area contributed by atoms with Crippen molar-refractivity contribution in [2.24, 2.45) is 0 Å². The van der Waals surface area contributed by atoms with E-state index in [4.69, 9.17) is 4.74 Å². The van der Waals surface area contributed by atoms with Gasteiger partial charge < -0.3 is 0 Å². The van der Waals surface area contributed by atoms with Crippen molar-refractivity contribution in [2.45, 2.75) is 12.5 Å². The molecule has 0 saturated heterocycles. The molecule has 1 aromatic heterocycles. The summed E-state index contributed by atoms with van der Waals surface area (Å²) in [4.78, 5) is 41.1. The van der Waals surface area contributed by atoms with Crippen LogP contribution in [0.15, 0.2) is 72.9 Å². The van der Waals surface area contributed by atoms with Crippen LogP contribution in [0.3, 0.4) is 0 Å². The second-order valence-corrected chi connectivity index (χ2v) is 10.3. The first-order chi connectivity index (χ1) is 17.4. The van der Waals surface area contributed by atoms with Crippen LogP contribution in [-0.4, -0.2) is 63.0 Å².